The van der Waals surface area contributed by atoms with Crippen molar-refractivity contribution < 1.29 is 0 Å². The van der Waals surface area contributed by atoms with Gasteiger partial charge >= 0.3 is 0 Å². The third kappa shape index (κ3) is 4.01. The zero-order valence-electron chi connectivity index (χ0n) is 12.1. The molecule has 0 unspecified atom stereocenters. The van der Waals surface area contributed by atoms with Crippen molar-refractivity contribution >= 4 is 11.3 Å². The minimum atomic E-state index is 0.477. The van der Waals surface area contributed by atoms with Gasteiger partial charge in [-0.05, 0) is 37.6 Å². The summed E-state index contributed by atoms with van der Waals surface area (Å²) in [5, 5.41) is 7.03. The topological polar surface area (TPSA) is 28.2 Å². The molecular formula is C15H25N3S. The van der Waals surface area contributed by atoms with Crippen LogP contribution in [-0.2, 0) is 13.1 Å². The number of aromatic nitrogens is 1. The van der Waals surface area contributed by atoms with E-state index in [0.717, 1.165) is 19.1 Å². The standard InChI is InChI=1S/C15H25N3S/c1-15(2)6-3-7-18(11-15)9-13-10-19-14(17-13)8-16-12-4-5-12/h10,12,16H,3-9,11H2,1-2H3. The van der Waals surface area contributed by atoms with Crippen LogP contribution in [0.3, 0.4) is 0 Å². The Morgan fingerprint density at radius 1 is 1.47 bits per heavy atom. The SMILES string of the molecule is CC1(C)CCCN(Cc2csc(CNC3CC3)n2)C1. The molecule has 3 rings (SSSR count). The zero-order valence-corrected chi connectivity index (χ0v) is 12.9. The Balaban J connectivity index is 1.51. The normalized spacial score (nSPS) is 23.7. The summed E-state index contributed by atoms with van der Waals surface area (Å²) in [6.45, 7) is 9.19. The van der Waals surface area contributed by atoms with E-state index < -0.39 is 0 Å². The van der Waals surface area contributed by atoms with E-state index in [-0.39, 0.29) is 0 Å². The molecule has 4 heteroatoms. The van der Waals surface area contributed by atoms with Crippen molar-refractivity contribution in [3.8, 4) is 0 Å². The predicted molar refractivity (Wildman–Crippen MR) is 80.3 cm³/mol. The number of nitrogens with one attached hydrogen (secondary N) is 1. The van der Waals surface area contributed by atoms with Crippen molar-refractivity contribution in [3.63, 3.8) is 0 Å². The Kier molecular flexibility index (Phi) is 3.92. The van der Waals surface area contributed by atoms with Crippen LogP contribution in [0.2, 0.25) is 0 Å². The van der Waals surface area contributed by atoms with Crippen molar-refractivity contribution in [3.05, 3.63) is 16.1 Å². The highest BCUT2D eigenvalue weighted by atomic mass is 32.1. The summed E-state index contributed by atoms with van der Waals surface area (Å²) in [6.07, 6.45) is 5.38. The number of likely N-dealkylation sites (tertiary alicyclic amines) is 1. The summed E-state index contributed by atoms with van der Waals surface area (Å²) < 4.78 is 0. The Morgan fingerprint density at radius 2 is 2.32 bits per heavy atom. The van der Waals surface area contributed by atoms with Gasteiger partial charge in [0.2, 0.25) is 0 Å². The molecule has 0 aromatic carbocycles. The van der Waals surface area contributed by atoms with E-state index in [1.807, 2.05) is 11.3 Å². The van der Waals surface area contributed by atoms with Gasteiger partial charge in [-0.3, -0.25) is 4.90 Å². The molecule has 2 fully saturated rings. The lowest BCUT2D eigenvalue weighted by Crippen LogP contribution is -2.39. The summed E-state index contributed by atoms with van der Waals surface area (Å²) in [5.74, 6) is 0. The summed E-state index contributed by atoms with van der Waals surface area (Å²) in [6, 6.07) is 0.773. The van der Waals surface area contributed by atoms with E-state index >= 15 is 0 Å². The Hall–Kier alpha value is -0.450. The first-order valence-corrected chi connectivity index (χ1v) is 8.38. The fourth-order valence-electron chi connectivity index (χ4n) is 2.93. The highest BCUT2D eigenvalue weighted by molar-refractivity contribution is 7.09. The second kappa shape index (κ2) is 5.51. The van der Waals surface area contributed by atoms with Gasteiger partial charge in [0.05, 0.1) is 5.69 Å². The highest BCUT2D eigenvalue weighted by Gasteiger charge is 2.26. The molecule has 1 saturated carbocycles. The quantitative estimate of drug-likeness (QED) is 0.898. The summed E-state index contributed by atoms with van der Waals surface area (Å²) in [4.78, 5) is 7.33. The number of hydrogen-bond donors (Lipinski definition) is 1. The van der Waals surface area contributed by atoms with E-state index in [2.05, 4.69) is 29.4 Å². The smallest absolute Gasteiger partial charge is 0.107 e. The fourth-order valence-corrected chi connectivity index (χ4v) is 3.67. The monoisotopic (exact) mass is 279 g/mol. The first-order valence-electron chi connectivity index (χ1n) is 7.50. The number of hydrogen-bond acceptors (Lipinski definition) is 4. The van der Waals surface area contributed by atoms with Crippen LogP contribution >= 0.6 is 11.3 Å². The molecule has 2 aliphatic rings. The third-order valence-corrected chi connectivity index (χ3v) is 4.98. The van der Waals surface area contributed by atoms with E-state index in [9.17, 15) is 0 Å². The Bertz CT molecular complexity index is 423. The lowest BCUT2D eigenvalue weighted by Gasteiger charge is -2.37. The van der Waals surface area contributed by atoms with Gasteiger partial charge in [-0.1, -0.05) is 13.8 Å². The zero-order chi connectivity index (χ0) is 13.3. The fraction of sp³-hybridized carbons (Fsp3) is 0.800. The maximum Gasteiger partial charge on any atom is 0.107 e. The maximum absolute atomic E-state index is 4.77. The van der Waals surface area contributed by atoms with Gasteiger partial charge < -0.3 is 5.32 Å². The second-order valence-electron chi connectivity index (χ2n) is 6.87. The van der Waals surface area contributed by atoms with Crippen LogP contribution in [0.15, 0.2) is 5.38 Å². The molecule has 106 valence electrons. The summed E-state index contributed by atoms with van der Waals surface area (Å²) in [7, 11) is 0. The molecule has 0 bridgehead atoms. The van der Waals surface area contributed by atoms with Crippen LogP contribution in [0.1, 0.15) is 50.2 Å². The first kappa shape index (κ1) is 13.5. The highest BCUT2D eigenvalue weighted by Crippen LogP contribution is 2.29. The van der Waals surface area contributed by atoms with Gasteiger partial charge in [0.15, 0.2) is 0 Å². The Labute approximate surface area is 120 Å². The molecule has 1 aromatic heterocycles. The van der Waals surface area contributed by atoms with Crippen LogP contribution in [0.5, 0.6) is 0 Å². The molecule has 0 spiro atoms. The molecule has 0 amide bonds. The Morgan fingerprint density at radius 3 is 3.05 bits per heavy atom. The number of nitrogens with zero attached hydrogens (tertiary/aromatic N) is 2. The van der Waals surface area contributed by atoms with Gasteiger partial charge in [0.25, 0.3) is 0 Å². The third-order valence-electron chi connectivity index (χ3n) is 4.08. The summed E-state index contributed by atoms with van der Waals surface area (Å²) in [5.41, 5.74) is 1.74. The van der Waals surface area contributed by atoms with Gasteiger partial charge in [0.1, 0.15) is 5.01 Å². The van der Waals surface area contributed by atoms with E-state index in [1.54, 1.807) is 0 Å². The number of rotatable bonds is 5. The van der Waals surface area contributed by atoms with Crippen molar-refractivity contribution in [2.75, 3.05) is 13.1 Å². The van der Waals surface area contributed by atoms with Gasteiger partial charge in [0, 0.05) is 31.1 Å². The van der Waals surface area contributed by atoms with E-state index in [0.29, 0.717) is 5.41 Å². The molecule has 1 aliphatic heterocycles. The molecule has 2 heterocycles. The van der Waals surface area contributed by atoms with Gasteiger partial charge in [-0.2, -0.15) is 0 Å². The molecule has 0 radical (unpaired) electrons. The molecule has 1 aliphatic carbocycles. The lowest BCUT2D eigenvalue weighted by atomic mass is 9.84. The second-order valence-corrected chi connectivity index (χ2v) is 7.81. The number of piperidine rings is 1. The van der Waals surface area contributed by atoms with Crippen LogP contribution in [0.25, 0.3) is 0 Å². The minimum absolute atomic E-state index is 0.477. The first-order chi connectivity index (χ1) is 9.11. The summed E-state index contributed by atoms with van der Waals surface area (Å²) >= 11 is 1.81. The lowest BCUT2D eigenvalue weighted by molar-refractivity contribution is 0.110. The number of thiazole rings is 1. The molecule has 3 nitrogen and oxygen atoms in total. The molecule has 1 aromatic rings. The molecule has 1 N–H and O–H groups in total. The molecular weight excluding hydrogens is 254 g/mol. The van der Waals surface area contributed by atoms with Crippen molar-refractivity contribution in [1.82, 2.24) is 15.2 Å². The van der Waals surface area contributed by atoms with Crippen LogP contribution < -0.4 is 5.32 Å². The van der Waals surface area contributed by atoms with Gasteiger partial charge in [-0.25, -0.2) is 4.98 Å². The average Bonchev–Trinajstić information content (AvgIpc) is 3.06. The van der Waals surface area contributed by atoms with Gasteiger partial charge in [-0.15, -0.1) is 11.3 Å². The van der Waals surface area contributed by atoms with Crippen molar-refractivity contribution in [1.29, 1.82) is 0 Å². The van der Waals surface area contributed by atoms with E-state index in [1.165, 1.54) is 49.5 Å². The van der Waals surface area contributed by atoms with Crippen LogP contribution in [-0.4, -0.2) is 29.0 Å². The maximum atomic E-state index is 4.77. The van der Waals surface area contributed by atoms with Crippen LogP contribution in [0, 0.1) is 5.41 Å². The molecule has 1 saturated heterocycles. The van der Waals surface area contributed by atoms with Crippen LogP contribution in [0.4, 0.5) is 0 Å². The average molecular weight is 279 g/mol. The molecule has 0 atom stereocenters. The minimum Gasteiger partial charge on any atom is -0.308 e. The molecule has 19 heavy (non-hydrogen) atoms. The van der Waals surface area contributed by atoms with E-state index in [4.69, 9.17) is 4.98 Å². The van der Waals surface area contributed by atoms with Crippen molar-refractivity contribution in [2.45, 2.75) is 58.7 Å². The van der Waals surface area contributed by atoms with Crippen molar-refractivity contribution in [2.24, 2.45) is 5.41 Å². The largest absolute Gasteiger partial charge is 0.308 e. The predicted octanol–water partition coefficient (Wildman–Crippen LogP) is 3.02.